The van der Waals surface area contributed by atoms with Crippen LogP contribution in [-0.4, -0.2) is 47.0 Å². The van der Waals surface area contributed by atoms with Crippen molar-refractivity contribution in [2.24, 2.45) is 0 Å². The molecule has 134 valence electrons. The normalized spacial score (nSPS) is 18.1. The summed E-state index contributed by atoms with van der Waals surface area (Å²) in [5, 5.41) is 3.36. The Kier molecular flexibility index (Phi) is 5.60. The molecule has 2 aromatic rings. The highest BCUT2D eigenvalue weighted by Gasteiger charge is 2.24. The highest BCUT2D eigenvalue weighted by atomic mass is 32.1. The molecule has 0 radical (unpaired) electrons. The predicted octanol–water partition coefficient (Wildman–Crippen LogP) is 2.74. The summed E-state index contributed by atoms with van der Waals surface area (Å²) in [4.78, 5) is 25.2. The van der Waals surface area contributed by atoms with E-state index < -0.39 is 0 Å². The lowest BCUT2D eigenvalue weighted by atomic mass is 10.0. The summed E-state index contributed by atoms with van der Waals surface area (Å²) >= 11 is 1.51. The van der Waals surface area contributed by atoms with Gasteiger partial charge in [-0.05, 0) is 31.5 Å². The van der Waals surface area contributed by atoms with E-state index in [1.165, 1.54) is 30.5 Å². The molecule has 1 aliphatic heterocycles. The van der Waals surface area contributed by atoms with Gasteiger partial charge in [-0.3, -0.25) is 9.69 Å². The molecule has 0 bridgehead atoms. The van der Waals surface area contributed by atoms with Crippen LogP contribution in [0.15, 0.2) is 24.5 Å². The van der Waals surface area contributed by atoms with Gasteiger partial charge in [0.05, 0.1) is 6.20 Å². The number of piperidine rings is 1. The molecule has 1 amide bonds. The SMILES string of the molecule is CC(=O)Nc1ncc(CN2CCC[C@H](N(C)c3ccc(F)cn3)C2)s1. The van der Waals surface area contributed by atoms with Crippen LogP contribution in [0.1, 0.15) is 24.6 Å². The van der Waals surface area contributed by atoms with Crippen LogP contribution in [-0.2, 0) is 11.3 Å². The number of hydrogen-bond acceptors (Lipinski definition) is 6. The number of aromatic nitrogens is 2. The first-order valence-electron chi connectivity index (χ1n) is 8.30. The Balaban J connectivity index is 1.60. The first kappa shape index (κ1) is 17.8. The molecule has 1 aliphatic rings. The minimum Gasteiger partial charge on any atom is -0.355 e. The first-order valence-corrected chi connectivity index (χ1v) is 9.12. The average Bonchev–Trinajstić information content (AvgIpc) is 3.01. The predicted molar refractivity (Wildman–Crippen MR) is 97.3 cm³/mol. The molecule has 0 aliphatic carbocycles. The van der Waals surface area contributed by atoms with Gasteiger partial charge >= 0.3 is 0 Å². The molecule has 6 nitrogen and oxygen atoms in total. The van der Waals surface area contributed by atoms with Gasteiger partial charge in [0.25, 0.3) is 0 Å². The fourth-order valence-electron chi connectivity index (χ4n) is 3.06. The Morgan fingerprint density at radius 3 is 3.00 bits per heavy atom. The van der Waals surface area contributed by atoms with E-state index in [4.69, 9.17) is 0 Å². The van der Waals surface area contributed by atoms with Gasteiger partial charge in [0.2, 0.25) is 5.91 Å². The number of likely N-dealkylation sites (N-methyl/N-ethyl adjacent to an activating group) is 1. The van der Waals surface area contributed by atoms with E-state index in [0.717, 1.165) is 43.2 Å². The number of thiazole rings is 1. The number of nitrogens with one attached hydrogen (secondary N) is 1. The monoisotopic (exact) mass is 363 g/mol. The van der Waals surface area contributed by atoms with Gasteiger partial charge in [0.1, 0.15) is 11.6 Å². The fourth-order valence-corrected chi connectivity index (χ4v) is 3.96. The van der Waals surface area contributed by atoms with Crippen molar-refractivity contribution in [1.29, 1.82) is 0 Å². The van der Waals surface area contributed by atoms with Crippen molar-refractivity contribution in [2.45, 2.75) is 32.4 Å². The summed E-state index contributed by atoms with van der Waals surface area (Å²) in [5.41, 5.74) is 0. The smallest absolute Gasteiger partial charge is 0.223 e. The van der Waals surface area contributed by atoms with E-state index in [2.05, 4.69) is 25.1 Å². The van der Waals surface area contributed by atoms with E-state index >= 15 is 0 Å². The number of anilines is 2. The van der Waals surface area contributed by atoms with E-state index in [-0.39, 0.29) is 11.7 Å². The van der Waals surface area contributed by atoms with E-state index in [0.29, 0.717) is 11.2 Å². The Hall–Kier alpha value is -2.06. The number of pyridine rings is 1. The Morgan fingerprint density at radius 2 is 2.28 bits per heavy atom. The molecular weight excluding hydrogens is 341 g/mol. The zero-order chi connectivity index (χ0) is 17.8. The third kappa shape index (κ3) is 4.73. The number of carbonyl (C=O) groups excluding carboxylic acids is 1. The molecule has 0 unspecified atom stereocenters. The summed E-state index contributed by atoms with van der Waals surface area (Å²) in [6.07, 6.45) is 5.28. The van der Waals surface area contributed by atoms with Crippen LogP contribution >= 0.6 is 11.3 Å². The third-order valence-corrected chi connectivity index (χ3v) is 5.21. The van der Waals surface area contributed by atoms with Crippen molar-refractivity contribution in [3.05, 3.63) is 35.2 Å². The second-order valence-electron chi connectivity index (χ2n) is 6.29. The van der Waals surface area contributed by atoms with Gasteiger partial charge < -0.3 is 10.2 Å². The second kappa shape index (κ2) is 7.88. The molecule has 1 saturated heterocycles. The maximum absolute atomic E-state index is 13.1. The maximum Gasteiger partial charge on any atom is 0.223 e. The number of nitrogens with zero attached hydrogens (tertiary/aromatic N) is 4. The minimum absolute atomic E-state index is 0.104. The molecule has 2 aromatic heterocycles. The van der Waals surface area contributed by atoms with Crippen LogP contribution in [0.2, 0.25) is 0 Å². The lowest BCUT2D eigenvalue weighted by molar-refractivity contribution is -0.114. The van der Waals surface area contributed by atoms with Crippen molar-refractivity contribution < 1.29 is 9.18 Å². The van der Waals surface area contributed by atoms with Crippen molar-refractivity contribution in [3.8, 4) is 0 Å². The maximum atomic E-state index is 13.1. The van der Waals surface area contributed by atoms with Gasteiger partial charge in [-0.15, -0.1) is 11.3 Å². The van der Waals surface area contributed by atoms with Crippen LogP contribution in [0, 0.1) is 5.82 Å². The molecule has 0 spiro atoms. The summed E-state index contributed by atoms with van der Waals surface area (Å²) < 4.78 is 13.1. The van der Waals surface area contributed by atoms with E-state index in [1.54, 1.807) is 6.07 Å². The molecule has 0 saturated carbocycles. The van der Waals surface area contributed by atoms with Crippen LogP contribution < -0.4 is 10.2 Å². The van der Waals surface area contributed by atoms with Crippen LogP contribution in [0.5, 0.6) is 0 Å². The highest BCUT2D eigenvalue weighted by Crippen LogP contribution is 2.24. The number of hydrogen-bond donors (Lipinski definition) is 1. The van der Waals surface area contributed by atoms with E-state index in [9.17, 15) is 9.18 Å². The highest BCUT2D eigenvalue weighted by molar-refractivity contribution is 7.15. The van der Waals surface area contributed by atoms with Crippen molar-refractivity contribution >= 4 is 28.2 Å². The van der Waals surface area contributed by atoms with Gasteiger partial charge in [-0.1, -0.05) is 0 Å². The number of amides is 1. The van der Waals surface area contributed by atoms with Gasteiger partial charge in [0.15, 0.2) is 5.13 Å². The largest absolute Gasteiger partial charge is 0.355 e. The quantitative estimate of drug-likeness (QED) is 0.885. The van der Waals surface area contributed by atoms with Crippen molar-refractivity contribution in [2.75, 3.05) is 30.4 Å². The van der Waals surface area contributed by atoms with Crippen LogP contribution in [0.3, 0.4) is 0 Å². The van der Waals surface area contributed by atoms with Gasteiger partial charge in [-0.2, -0.15) is 0 Å². The molecule has 1 atom stereocenters. The van der Waals surface area contributed by atoms with Crippen molar-refractivity contribution in [1.82, 2.24) is 14.9 Å². The standard InChI is InChI=1S/C17H22FN5OS/c1-12(24)21-17-20-9-15(25-17)11-23-7-3-4-14(10-23)22(2)16-6-5-13(18)8-19-16/h5-6,8-9,14H,3-4,7,10-11H2,1-2H3,(H,20,21,24)/t14-/m0/s1. The van der Waals surface area contributed by atoms with Gasteiger partial charge in [-0.25, -0.2) is 14.4 Å². The molecule has 1 fully saturated rings. The summed E-state index contributed by atoms with van der Waals surface area (Å²) in [6.45, 7) is 4.26. The average molecular weight is 363 g/mol. The zero-order valence-corrected chi connectivity index (χ0v) is 15.2. The zero-order valence-electron chi connectivity index (χ0n) is 14.4. The van der Waals surface area contributed by atoms with Crippen LogP contribution in [0.25, 0.3) is 0 Å². The second-order valence-corrected chi connectivity index (χ2v) is 7.40. The lowest BCUT2D eigenvalue weighted by Gasteiger charge is -2.38. The molecule has 8 heteroatoms. The number of likely N-dealkylation sites (tertiary alicyclic amines) is 1. The van der Waals surface area contributed by atoms with Gasteiger partial charge in [0, 0.05) is 44.2 Å². The van der Waals surface area contributed by atoms with Crippen molar-refractivity contribution in [3.63, 3.8) is 0 Å². The number of halogens is 1. The van der Waals surface area contributed by atoms with Crippen LogP contribution in [0.4, 0.5) is 15.3 Å². The molecular formula is C17H22FN5OS. The summed E-state index contributed by atoms with van der Waals surface area (Å²) in [5.74, 6) is 0.369. The molecule has 25 heavy (non-hydrogen) atoms. The molecule has 1 N–H and O–H groups in total. The minimum atomic E-state index is -0.317. The number of carbonyl (C=O) groups is 1. The molecule has 3 rings (SSSR count). The fraction of sp³-hybridized carbons (Fsp3) is 0.471. The summed E-state index contributed by atoms with van der Waals surface area (Å²) in [6, 6.07) is 3.51. The Morgan fingerprint density at radius 1 is 1.44 bits per heavy atom. The topological polar surface area (TPSA) is 61.4 Å². The molecule has 3 heterocycles. The Bertz CT molecular complexity index is 720. The lowest BCUT2D eigenvalue weighted by Crippen LogP contribution is -2.46. The molecule has 0 aromatic carbocycles. The Labute approximate surface area is 150 Å². The summed E-state index contributed by atoms with van der Waals surface area (Å²) in [7, 11) is 2.01. The first-order chi connectivity index (χ1) is 12.0. The number of rotatable bonds is 5. The van der Waals surface area contributed by atoms with E-state index in [1.807, 2.05) is 13.2 Å². The third-order valence-electron chi connectivity index (χ3n) is 4.32.